The minimum Gasteiger partial charge on any atom is -0.358 e. The molecule has 0 unspecified atom stereocenters. The summed E-state index contributed by atoms with van der Waals surface area (Å²) in [4.78, 5) is 28.0. The van der Waals surface area contributed by atoms with E-state index in [4.69, 9.17) is 0 Å². The molecule has 0 aliphatic rings. The average molecular weight is 314 g/mol. The van der Waals surface area contributed by atoms with Crippen LogP contribution in [0.25, 0.3) is 21.9 Å². The van der Waals surface area contributed by atoms with Crippen molar-refractivity contribution in [2.24, 2.45) is 0 Å². The summed E-state index contributed by atoms with van der Waals surface area (Å²) in [5.74, 6) is 0.879. The van der Waals surface area contributed by atoms with E-state index in [1.165, 1.54) is 0 Å². The number of nitrogens with zero attached hydrogens (tertiary/aromatic N) is 5. The summed E-state index contributed by atoms with van der Waals surface area (Å²) >= 11 is 0. The van der Waals surface area contributed by atoms with Gasteiger partial charge in [-0.3, -0.25) is 4.57 Å². The fourth-order valence-corrected chi connectivity index (χ4v) is 2.77. The van der Waals surface area contributed by atoms with Crippen LogP contribution in [0.5, 0.6) is 0 Å². The Bertz CT molecular complexity index is 895. The van der Waals surface area contributed by atoms with E-state index in [2.05, 4.69) is 24.8 Å². The van der Waals surface area contributed by atoms with E-state index in [0.29, 0.717) is 6.54 Å². The number of imidazole rings is 1. The number of nitrogens with one attached hydrogen (secondary N) is 1. The second kappa shape index (κ2) is 6.00. The van der Waals surface area contributed by atoms with Gasteiger partial charge in [-0.1, -0.05) is 0 Å². The van der Waals surface area contributed by atoms with Gasteiger partial charge in [0.05, 0.1) is 16.6 Å². The highest BCUT2D eigenvalue weighted by molar-refractivity contribution is 5.98. The van der Waals surface area contributed by atoms with E-state index < -0.39 is 0 Å². The Kier molecular flexibility index (Phi) is 4.04. The van der Waals surface area contributed by atoms with Crippen molar-refractivity contribution < 1.29 is 0 Å². The second-order valence-electron chi connectivity index (χ2n) is 5.98. The van der Waals surface area contributed by atoms with Crippen molar-refractivity contribution in [1.29, 1.82) is 0 Å². The van der Waals surface area contributed by atoms with Gasteiger partial charge in [-0.15, -0.1) is 0 Å². The van der Waals surface area contributed by atoms with Crippen LogP contribution in [0.2, 0.25) is 0 Å². The van der Waals surface area contributed by atoms with Crippen molar-refractivity contribution in [3.05, 3.63) is 28.9 Å². The van der Waals surface area contributed by atoms with Crippen LogP contribution < -0.4 is 10.6 Å². The molecule has 122 valence electrons. The molecule has 7 heteroatoms. The number of fused-ring (bicyclic) bond motifs is 2. The van der Waals surface area contributed by atoms with Gasteiger partial charge in [0.15, 0.2) is 0 Å². The molecule has 3 aromatic rings. The fraction of sp³-hybridized carbons (Fsp3) is 0.438. The topological polar surface area (TPSA) is 70.1 Å². The molecule has 0 atom stereocenters. The molecule has 1 aromatic carbocycles. The van der Waals surface area contributed by atoms with Crippen LogP contribution in [0.1, 0.15) is 6.92 Å². The lowest BCUT2D eigenvalue weighted by molar-refractivity contribution is 0.416. The Morgan fingerprint density at radius 1 is 1.17 bits per heavy atom. The smallest absolute Gasteiger partial charge is 0.326 e. The molecule has 1 N–H and O–H groups in total. The summed E-state index contributed by atoms with van der Waals surface area (Å²) in [5, 5.41) is 0.950. The van der Waals surface area contributed by atoms with Crippen LogP contribution in [0.3, 0.4) is 0 Å². The lowest BCUT2D eigenvalue weighted by Gasteiger charge is -2.21. The van der Waals surface area contributed by atoms with E-state index in [9.17, 15) is 4.79 Å². The number of H-pyrrole nitrogens is 1. The highest BCUT2D eigenvalue weighted by Crippen LogP contribution is 2.26. The maximum absolute atomic E-state index is 12.0. The number of aromatic amines is 1. The minimum atomic E-state index is -0.0896. The maximum Gasteiger partial charge on any atom is 0.326 e. The molecule has 0 aliphatic heterocycles. The largest absolute Gasteiger partial charge is 0.358 e. The number of aromatic nitrogens is 4. The molecule has 2 aromatic heterocycles. The average Bonchev–Trinajstić information content (AvgIpc) is 2.83. The molecule has 0 aliphatic carbocycles. The maximum atomic E-state index is 12.0. The van der Waals surface area contributed by atoms with Gasteiger partial charge in [0.1, 0.15) is 12.1 Å². The van der Waals surface area contributed by atoms with Gasteiger partial charge in [0, 0.05) is 32.1 Å². The van der Waals surface area contributed by atoms with Gasteiger partial charge in [0.25, 0.3) is 0 Å². The zero-order chi connectivity index (χ0) is 16.6. The van der Waals surface area contributed by atoms with Crippen molar-refractivity contribution in [3.8, 4) is 0 Å². The van der Waals surface area contributed by atoms with Crippen molar-refractivity contribution >= 4 is 27.8 Å². The van der Waals surface area contributed by atoms with Crippen molar-refractivity contribution in [3.63, 3.8) is 0 Å². The third-order valence-corrected chi connectivity index (χ3v) is 4.07. The molecule has 0 spiro atoms. The summed E-state index contributed by atoms with van der Waals surface area (Å²) in [5.41, 5.74) is 2.46. The Morgan fingerprint density at radius 2 is 1.96 bits per heavy atom. The highest BCUT2D eigenvalue weighted by atomic mass is 16.1. The Morgan fingerprint density at radius 3 is 2.65 bits per heavy atom. The Hall–Kier alpha value is -2.41. The number of hydrogen-bond acceptors (Lipinski definition) is 5. The summed E-state index contributed by atoms with van der Waals surface area (Å²) in [6.07, 6.45) is 1.58. The third kappa shape index (κ3) is 2.79. The first kappa shape index (κ1) is 15.5. The second-order valence-corrected chi connectivity index (χ2v) is 5.98. The number of hydrogen-bond donors (Lipinski definition) is 1. The molecule has 0 radical (unpaired) electrons. The molecule has 0 fully saturated rings. The van der Waals surface area contributed by atoms with Crippen LogP contribution in [0.15, 0.2) is 23.3 Å². The summed E-state index contributed by atoms with van der Waals surface area (Å²) in [6, 6.07) is 3.93. The molecule has 0 bridgehead atoms. The molecule has 23 heavy (non-hydrogen) atoms. The van der Waals surface area contributed by atoms with E-state index >= 15 is 0 Å². The van der Waals surface area contributed by atoms with Crippen LogP contribution in [0.4, 0.5) is 5.82 Å². The van der Waals surface area contributed by atoms with E-state index in [0.717, 1.165) is 40.8 Å². The van der Waals surface area contributed by atoms with Gasteiger partial charge in [-0.05, 0) is 33.2 Å². The Balaban J connectivity index is 2.13. The quantitative estimate of drug-likeness (QED) is 0.768. The number of rotatable bonds is 5. The fourth-order valence-electron chi connectivity index (χ4n) is 2.77. The van der Waals surface area contributed by atoms with Gasteiger partial charge >= 0.3 is 5.69 Å². The normalized spacial score (nSPS) is 11.7. The molecule has 2 heterocycles. The van der Waals surface area contributed by atoms with Crippen molar-refractivity contribution in [2.75, 3.05) is 39.1 Å². The molecule has 0 amide bonds. The Labute approximate surface area is 134 Å². The molecule has 0 saturated carbocycles. The third-order valence-electron chi connectivity index (χ3n) is 4.07. The van der Waals surface area contributed by atoms with Crippen LogP contribution in [-0.2, 0) is 6.54 Å². The predicted octanol–water partition coefficient (Wildman–Crippen LogP) is 1.29. The zero-order valence-corrected chi connectivity index (χ0v) is 14.0. The molecule has 0 saturated heterocycles. The molecule has 7 nitrogen and oxygen atoms in total. The predicted molar refractivity (Wildman–Crippen MR) is 93.2 cm³/mol. The van der Waals surface area contributed by atoms with E-state index in [1.807, 2.05) is 40.2 Å². The van der Waals surface area contributed by atoms with Crippen molar-refractivity contribution in [2.45, 2.75) is 13.5 Å². The van der Waals surface area contributed by atoms with Gasteiger partial charge in [-0.2, -0.15) is 0 Å². The minimum absolute atomic E-state index is 0.0896. The molecular formula is C16H22N6O. The lowest BCUT2D eigenvalue weighted by Crippen LogP contribution is -2.29. The van der Waals surface area contributed by atoms with Crippen LogP contribution in [-0.4, -0.2) is 58.7 Å². The SMILES string of the molecule is CCn1c(=O)[nH]c2cc3c(N(C)CCN(C)C)ncnc3cc21. The highest BCUT2D eigenvalue weighted by Gasteiger charge is 2.13. The summed E-state index contributed by atoms with van der Waals surface area (Å²) in [7, 11) is 6.12. The van der Waals surface area contributed by atoms with E-state index in [-0.39, 0.29) is 5.69 Å². The summed E-state index contributed by atoms with van der Waals surface area (Å²) in [6.45, 7) is 4.39. The van der Waals surface area contributed by atoms with E-state index in [1.54, 1.807) is 10.9 Å². The first-order chi connectivity index (χ1) is 11.0. The van der Waals surface area contributed by atoms with Crippen LogP contribution >= 0.6 is 0 Å². The van der Waals surface area contributed by atoms with Crippen molar-refractivity contribution in [1.82, 2.24) is 24.4 Å². The number of benzene rings is 1. The molecule has 3 rings (SSSR count). The van der Waals surface area contributed by atoms with Gasteiger partial charge in [0.2, 0.25) is 0 Å². The first-order valence-corrected chi connectivity index (χ1v) is 7.74. The lowest BCUT2D eigenvalue weighted by atomic mass is 10.2. The molecular weight excluding hydrogens is 292 g/mol. The zero-order valence-electron chi connectivity index (χ0n) is 14.0. The van der Waals surface area contributed by atoms with Crippen LogP contribution in [0, 0.1) is 0 Å². The first-order valence-electron chi connectivity index (χ1n) is 7.74. The number of likely N-dealkylation sites (N-methyl/N-ethyl adjacent to an activating group) is 2. The van der Waals surface area contributed by atoms with Gasteiger partial charge in [-0.25, -0.2) is 14.8 Å². The number of aryl methyl sites for hydroxylation is 1. The van der Waals surface area contributed by atoms with Gasteiger partial charge < -0.3 is 14.8 Å². The standard InChI is InChI=1S/C16H22N6O/c1-5-22-14-9-12-11(8-13(14)19-16(22)23)15(18-10-17-12)21(4)7-6-20(2)3/h8-10H,5-7H2,1-4H3,(H,19,23). The summed E-state index contributed by atoms with van der Waals surface area (Å²) < 4.78 is 1.71. The number of anilines is 1. The monoisotopic (exact) mass is 314 g/mol.